The molecule has 128 valence electrons. The second-order valence-electron chi connectivity index (χ2n) is 5.65. The Kier molecular flexibility index (Phi) is 4.89. The van der Waals surface area contributed by atoms with Gasteiger partial charge >= 0.3 is 4.87 Å². The lowest BCUT2D eigenvalue weighted by Gasteiger charge is -2.26. The largest absolute Gasteiger partial charge is 0.497 e. The molecule has 0 aliphatic carbocycles. The van der Waals surface area contributed by atoms with Crippen LogP contribution in [-0.4, -0.2) is 36.1 Å². The van der Waals surface area contributed by atoms with E-state index in [2.05, 4.69) is 0 Å². The van der Waals surface area contributed by atoms with Crippen molar-refractivity contribution in [1.29, 1.82) is 0 Å². The summed E-state index contributed by atoms with van der Waals surface area (Å²) in [5, 5.41) is 1.70. The van der Waals surface area contributed by atoms with E-state index in [4.69, 9.17) is 9.47 Å². The van der Waals surface area contributed by atoms with E-state index in [1.165, 1.54) is 4.57 Å². The van der Waals surface area contributed by atoms with Gasteiger partial charge in [-0.2, -0.15) is 0 Å². The van der Waals surface area contributed by atoms with E-state index < -0.39 is 0 Å². The van der Waals surface area contributed by atoms with E-state index >= 15 is 0 Å². The molecule has 2 heterocycles. The van der Waals surface area contributed by atoms with Gasteiger partial charge in [-0.25, -0.2) is 0 Å². The predicted octanol–water partition coefficient (Wildman–Crippen LogP) is 2.29. The number of ether oxygens (including phenoxy) is 2. The minimum Gasteiger partial charge on any atom is -0.497 e. The first kappa shape index (κ1) is 16.6. The molecule has 1 fully saturated rings. The molecule has 0 N–H and O–H groups in total. The Hall–Kier alpha value is -2.28. The molecule has 1 atom stereocenters. The minimum atomic E-state index is -0.110. The SMILES string of the molecule is COc1ccc(C2CCCN2C(=O)Cn2ccsc2=O)c(OC)c1. The van der Waals surface area contributed by atoms with Gasteiger partial charge in [-0.05, 0) is 25.0 Å². The van der Waals surface area contributed by atoms with Crippen molar-refractivity contribution in [3.63, 3.8) is 0 Å². The van der Waals surface area contributed by atoms with Crippen LogP contribution in [0, 0.1) is 0 Å². The number of aromatic nitrogens is 1. The number of benzene rings is 1. The Morgan fingerprint density at radius 1 is 1.33 bits per heavy atom. The van der Waals surface area contributed by atoms with Gasteiger partial charge in [-0.3, -0.25) is 14.2 Å². The highest BCUT2D eigenvalue weighted by atomic mass is 32.1. The van der Waals surface area contributed by atoms with Crippen LogP contribution in [-0.2, 0) is 11.3 Å². The third-order valence-electron chi connectivity index (χ3n) is 4.32. The average Bonchev–Trinajstić information content (AvgIpc) is 3.23. The molecule has 1 saturated heterocycles. The molecule has 2 aromatic rings. The van der Waals surface area contributed by atoms with Crippen molar-refractivity contribution in [3.05, 3.63) is 45.0 Å². The van der Waals surface area contributed by atoms with E-state index in [9.17, 15) is 9.59 Å². The van der Waals surface area contributed by atoms with Gasteiger partial charge in [0, 0.05) is 29.8 Å². The quantitative estimate of drug-likeness (QED) is 0.832. The van der Waals surface area contributed by atoms with Crippen LogP contribution in [0.5, 0.6) is 11.5 Å². The van der Waals surface area contributed by atoms with Gasteiger partial charge in [0.2, 0.25) is 5.91 Å². The number of nitrogens with zero attached hydrogens (tertiary/aromatic N) is 2. The van der Waals surface area contributed by atoms with Gasteiger partial charge in [-0.1, -0.05) is 11.3 Å². The summed E-state index contributed by atoms with van der Waals surface area (Å²) in [7, 11) is 3.22. The highest BCUT2D eigenvalue weighted by Crippen LogP contribution is 2.38. The standard InChI is InChI=1S/C17H20N2O4S/c1-22-12-5-6-13(15(10-12)23-2)14-4-3-7-19(14)16(20)11-18-8-9-24-17(18)21/h5-6,8-10,14H,3-4,7,11H2,1-2H3. The van der Waals surface area contributed by atoms with Crippen LogP contribution in [0.2, 0.25) is 0 Å². The monoisotopic (exact) mass is 348 g/mol. The lowest BCUT2D eigenvalue weighted by Crippen LogP contribution is -2.35. The number of carbonyl (C=O) groups excluding carboxylic acids is 1. The molecule has 7 heteroatoms. The van der Waals surface area contributed by atoms with Crippen molar-refractivity contribution in [1.82, 2.24) is 9.47 Å². The third-order valence-corrected chi connectivity index (χ3v) is 5.02. The molecule has 1 aliphatic heterocycles. The summed E-state index contributed by atoms with van der Waals surface area (Å²) in [5.41, 5.74) is 0.974. The van der Waals surface area contributed by atoms with Gasteiger partial charge in [0.25, 0.3) is 0 Å². The molecule has 0 saturated carbocycles. The van der Waals surface area contributed by atoms with Crippen LogP contribution < -0.4 is 14.3 Å². The Bertz CT molecular complexity index is 783. The first-order valence-electron chi connectivity index (χ1n) is 7.79. The molecular formula is C17H20N2O4S. The average molecular weight is 348 g/mol. The normalized spacial score (nSPS) is 17.1. The van der Waals surface area contributed by atoms with Crippen molar-refractivity contribution in [3.8, 4) is 11.5 Å². The third kappa shape index (κ3) is 3.17. The molecule has 1 aliphatic rings. The molecule has 1 aromatic heterocycles. The molecule has 1 unspecified atom stereocenters. The number of methoxy groups -OCH3 is 2. The summed E-state index contributed by atoms with van der Waals surface area (Å²) >= 11 is 1.10. The zero-order valence-corrected chi connectivity index (χ0v) is 14.5. The molecule has 1 amide bonds. The molecule has 0 bridgehead atoms. The smallest absolute Gasteiger partial charge is 0.307 e. The van der Waals surface area contributed by atoms with E-state index in [-0.39, 0.29) is 23.4 Å². The number of carbonyl (C=O) groups is 1. The van der Waals surface area contributed by atoms with E-state index in [0.717, 1.165) is 35.5 Å². The lowest BCUT2D eigenvalue weighted by molar-refractivity contribution is -0.132. The van der Waals surface area contributed by atoms with E-state index in [1.807, 2.05) is 23.1 Å². The summed E-state index contributed by atoms with van der Waals surface area (Å²) in [6.07, 6.45) is 3.47. The Morgan fingerprint density at radius 2 is 2.17 bits per heavy atom. The van der Waals surface area contributed by atoms with Crippen LogP contribution in [0.3, 0.4) is 0 Å². The molecule has 0 radical (unpaired) electrons. The van der Waals surface area contributed by atoms with Crippen molar-refractivity contribution in [2.75, 3.05) is 20.8 Å². The zero-order valence-electron chi connectivity index (χ0n) is 13.7. The fourth-order valence-electron chi connectivity index (χ4n) is 3.13. The van der Waals surface area contributed by atoms with Crippen molar-refractivity contribution >= 4 is 17.2 Å². The summed E-state index contributed by atoms with van der Waals surface area (Å²) in [4.78, 5) is 26.1. The van der Waals surface area contributed by atoms with Crippen LogP contribution in [0.15, 0.2) is 34.6 Å². The van der Waals surface area contributed by atoms with Crippen LogP contribution in [0.1, 0.15) is 24.4 Å². The fraction of sp³-hybridized carbons (Fsp3) is 0.412. The number of hydrogen-bond donors (Lipinski definition) is 0. The first-order chi connectivity index (χ1) is 11.6. The zero-order chi connectivity index (χ0) is 17.1. The summed E-state index contributed by atoms with van der Waals surface area (Å²) < 4.78 is 12.2. The first-order valence-corrected chi connectivity index (χ1v) is 8.67. The van der Waals surface area contributed by atoms with E-state index in [1.54, 1.807) is 25.8 Å². The Labute approximate surface area is 144 Å². The number of thiazole rings is 1. The number of likely N-dealkylation sites (tertiary alicyclic amines) is 1. The highest BCUT2D eigenvalue weighted by Gasteiger charge is 2.32. The summed E-state index contributed by atoms with van der Waals surface area (Å²) in [6, 6.07) is 5.62. The second kappa shape index (κ2) is 7.09. The number of amides is 1. The lowest BCUT2D eigenvalue weighted by atomic mass is 10.0. The maximum atomic E-state index is 12.7. The van der Waals surface area contributed by atoms with Crippen molar-refractivity contribution in [2.24, 2.45) is 0 Å². The second-order valence-corrected chi connectivity index (χ2v) is 6.51. The van der Waals surface area contributed by atoms with Gasteiger partial charge in [0.1, 0.15) is 18.0 Å². The molecule has 3 rings (SSSR count). The van der Waals surface area contributed by atoms with Crippen molar-refractivity contribution < 1.29 is 14.3 Å². The van der Waals surface area contributed by atoms with Crippen molar-refractivity contribution in [2.45, 2.75) is 25.4 Å². The van der Waals surface area contributed by atoms with Gasteiger partial charge < -0.3 is 14.4 Å². The molecule has 1 aromatic carbocycles. The Morgan fingerprint density at radius 3 is 2.83 bits per heavy atom. The highest BCUT2D eigenvalue weighted by molar-refractivity contribution is 7.07. The van der Waals surface area contributed by atoms with Gasteiger partial charge in [0.15, 0.2) is 0 Å². The summed E-state index contributed by atoms with van der Waals surface area (Å²) in [5.74, 6) is 1.39. The van der Waals surface area contributed by atoms with Gasteiger partial charge in [-0.15, -0.1) is 0 Å². The Balaban J connectivity index is 1.84. The van der Waals surface area contributed by atoms with Crippen LogP contribution in [0.4, 0.5) is 0 Å². The predicted molar refractivity (Wildman–Crippen MR) is 91.8 cm³/mol. The summed E-state index contributed by atoms with van der Waals surface area (Å²) in [6.45, 7) is 0.773. The van der Waals surface area contributed by atoms with Crippen LogP contribution >= 0.6 is 11.3 Å². The molecule has 24 heavy (non-hydrogen) atoms. The van der Waals surface area contributed by atoms with Gasteiger partial charge in [0.05, 0.1) is 20.3 Å². The maximum absolute atomic E-state index is 12.7. The maximum Gasteiger partial charge on any atom is 0.307 e. The van der Waals surface area contributed by atoms with Crippen LogP contribution in [0.25, 0.3) is 0 Å². The topological polar surface area (TPSA) is 60.8 Å². The number of hydrogen-bond acceptors (Lipinski definition) is 5. The molecule has 0 spiro atoms. The minimum absolute atomic E-state index is 0.0345. The molecular weight excluding hydrogens is 328 g/mol. The number of rotatable bonds is 5. The fourth-order valence-corrected chi connectivity index (χ4v) is 3.71. The van der Waals surface area contributed by atoms with E-state index in [0.29, 0.717) is 12.3 Å². The molecule has 6 nitrogen and oxygen atoms in total.